The molecule has 0 radical (unpaired) electrons. The highest BCUT2D eigenvalue weighted by Crippen LogP contribution is 2.27. The largest absolute Gasteiger partial charge is 0.398 e. The topological polar surface area (TPSA) is 72.3 Å². The first-order chi connectivity index (χ1) is 7.59. The molecule has 1 aromatic carbocycles. The first-order valence-corrected chi connectivity index (χ1v) is 5.55. The van der Waals surface area contributed by atoms with E-state index in [0.29, 0.717) is 17.3 Å². The van der Waals surface area contributed by atoms with Crippen LogP contribution < -0.4 is 16.4 Å². The molecule has 1 amide bonds. The van der Waals surface area contributed by atoms with Gasteiger partial charge in [0.2, 0.25) is 0 Å². The van der Waals surface area contributed by atoms with E-state index in [0.717, 1.165) is 12.2 Å². The summed E-state index contributed by atoms with van der Waals surface area (Å²) < 4.78 is 0. The highest BCUT2D eigenvalue weighted by atomic mass is 16.1. The molecule has 1 saturated heterocycles. The van der Waals surface area contributed by atoms with Crippen LogP contribution in [0.2, 0.25) is 0 Å². The Labute approximate surface area is 95.2 Å². The molecule has 4 heteroatoms. The molecule has 1 aliphatic heterocycles. The van der Waals surface area contributed by atoms with Gasteiger partial charge in [0.05, 0.1) is 5.56 Å². The van der Waals surface area contributed by atoms with Crippen LogP contribution in [0.5, 0.6) is 0 Å². The van der Waals surface area contributed by atoms with Gasteiger partial charge >= 0.3 is 0 Å². The molecule has 0 bridgehead atoms. The SMILES string of the molecule is CC1CCCN1c1ccc(N)c(C(N)=O)c1. The minimum atomic E-state index is -0.466. The van der Waals surface area contributed by atoms with Gasteiger partial charge in [0, 0.05) is 24.0 Å². The molecular weight excluding hydrogens is 202 g/mol. The van der Waals surface area contributed by atoms with Crippen LogP contribution in [-0.2, 0) is 0 Å². The highest BCUT2D eigenvalue weighted by Gasteiger charge is 2.21. The molecule has 4 N–H and O–H groups in total. The van der Waals surface area contributed by atoms with Gasteiger partial charge in [-0.1, -0.05) is 0 Å². The Morgan fingerprint density at radius 2 is 2.25 bits per heavy atom. The van der Waals surface area contributed by atoms with Gasteiger partial charge in [0.25, 0.3) is 5.91 Å². The number of primary amides is 1. The summed E-state index contributed by atoms with van der Waals surface area (Å²) in [6.07, 6.45) is 2.38. The maximum Gasteiger partial charge on any atom is 0.250 e. The fourth-order valence-electron chi connectivity index (χ4n) is 2.25. The fourth-order valence-corrected chi connectivity index (χ4v) is 2.25. The quantitative estimate of drug-likeness (QED) is 0.737. The second-order valence-corrected chi connectivity index (χ2v) is 4.32. The van der Waals surface area contributed by atoms with Gasteiger partial charge in [0.1, 0.15) is 0 Å². The van der Waals surface area contributed by atoms with E-state index in [1.807, 2.05) is 6.07 Å². The highest BCUT2D eigenvalue weighted by molar-refractivity contribution is 5.99. The summed E-state index contributed by atoms with van der Waals surface area (Å²) in [5.74, 6) is -0.466. The van der Waals surface area contributed by atoms with Gasteiger partial charge in [-0.15, -0.1) is 0 Å². The number of carbonyl (C=O) groups excluding carboxylic acids is 1. The number of amides is 1. The van der Waals surface area contributed by atoms with E-state index in [2.05, 4.69) is 11.8 Å². The van der Waals surface area contributed by atoms with E-state index >= 15 is 0 Å². The Hall–Kier alpha value is -1.71. The molecule has 2 rings (SSSR count). The zero-order chi connectivity index (χ0) is 11.7. The third-order valence-corrected chi connectivity index (χ3v) is 3.19. The second kappa shape index (κ2) is 4.04. The Morgan fingerprint density at radius 3 is 2.81 bits per heavy atom. The van der Waals surface area contributed by atoms with Crippen molar-refractivity contribution in [2.24, 2.45) is 5.73 Å². The summed E-state index contributed by atoms with van der Waals surface area (Å²) in [5.41, 5.74) is 12.9. The fraction of sp³-hybridized carbons (Fsp3) is 0.417. The molecule has 1 atom stereocenters. The molecule has 1 fully saturated rings. The lowest BCUT2D eigenvalue weighted by Crippen LogP contribution is -2.26. The average molecular weight is 219 g/mol. The normalized spacial score (nSPS) is 20.1. The van der Waals surface area contributed by atoms with Gasteiger partial charge < -0.3 is 16.4 Å². The monoisotopic (exact) mass is 219 g/mol. The van der Waals surface area contributed by atoms with Crippen LogP contribution in [0.1, 0.15) is 30.1 Å². The number of nitrogen functional groups attached to an aromatic ring is 1. The van der Waals surface area contributed by atoms with Crippen molar-refractivity contribution < 1.29 is 4.79 Å². The van der Waals surface area contributed by atoms with Gasteiger partial charge in [-0.05, 0) is 38.0 Å². The number of nitrogens with zero attached hydrogens (tertiary/aromatic N) is 1. The van der Waals surface area contributed by atoms with Crippen molar-refractivity contribution in [1.82, 2.24) is 0 Å². The van der Waals surface area contributed by atoms with E-state index in [-0.39, 0.29) is 0 Å². The zero-order valence-electron chi connectivity index (χ0n) is 9.44. The van der Waals surface area contributed by atoms with Crippen molar-refractivity contribution >= 4 is 17.3 Å². The lowest BCUT2D eigenvalue weighted by atomic mass is 10.1. The van der Waals surface area contributed by atoms with E-state index in [4.69, 9.17) is 11.5 Å². The predicted molar refractivity (Wildman–Crippen MR) is 65.4 cm³/mol. The van der Waals surface area contributed by atoms with Gasteiger partial charge in [-0.25, -0.2) is 0 Å². The van der Waals surface area contributed by atoms with Crippen LogP contribution in [0.25, 0.3) is 0 Å². The molecular formula is C12H17N3O. The molecule has 0 aliphatic carbocycles. The summed E-state index contributed by atoms with van der Waals surface area (Å²) in [6, 6.07) is 6.01. The zero-order valence-corrected chi connectivity index (χ0v) is 9.44. The smallest absolute Gasteiger partial charge is 0.250 e. The first kappa shape index (κ1) is 10.8. The van der Waals surface area contributed by atoms with Crippen molar-refractivity contribution in [3.05, 3.63) is 23.8 Å². The van der Waals surface area contributed by atoms with Gasteiger partial charge in [0.15, 0.2) is 0 Å². The van der Waals surface area contributed by atoms with Crippen LogP contribution >= 0.6 is 0 Å². The maximum absolute atomic E-state index is 11.2. The van der Waals surface area contributed by atoms with Crippen molar-refractivity contribution in [2.45, 2.75) is 25.8 Å². The number of carbonyl (C=O) groups is 1. The molecule has 86 valence electrons. The minimum Gasteiger partial charge on any atom is -0.398 e. The third-order valence-electron chi connectivity index (χ3n) is 3.19. The standard InChI is InChI=1S/C12H17N3O/c1-8-3-2-6-15(8)9-4-5-11(13)10(7-9)12(14)16/h4-5,7-8H,2-3,6,13H2,1H3,(H2,14,16). The van der Waals surface area contributed by atoms with Crippen molar-refractivity contribution in [3.8, 4) is 0 Å². The molecule has 1 aliphatic rings. The van der Waals surface area contributed by atoms with Crippen LogP contribution in [-0.4, -0.2) is 18.5 Å². The minimum absolute atomic E-state index is 0.414. The van der Waals surface area contributed by atoms with Gasteiger partial charge in [-0.3, -0.25) is 4.79 Å². The summed E-state index contributed by atoms with van der Waals surface area (Å²) in [4.78, 5) is 13.5. The van der Waals surface area contributed by atoms with Crippen LogP contribution in [0.15, 0.2) is 18.2 Å². The summed E-state index contributed by atoms with van der Waals surface area (Å²) in [7, 11) is 0. The number of rotatable bonds is 2. The van der Waals surface area contributed by atoms with Crippen molar-refractivity contribution in [2.75, 3.05) is 17.2 Å². The lowest BCUT2D eigenvalue weighted by Gasteiger charge is -2.24. The molecule has 0 spiro atoms. The van der Waals surface area contributed by atoms with Gasteiger partial charge in [-0.2, -0.15) is 0 Å². The molecule has 1 heterocycles. The maximum atomic E-state index is 11.2. The second-order valence-electron chi connectivity index (χ2n) is 4.32. The summed E-state index contributed by atoms with van der Waals surface area (Å²) in [6.45, 7) is 3.22. The Kier molecular flexibility index (Phi) is 2.73. The lowest BCUT2D eigenvalue weighted by molar-refractivity contribution is 0.100. The van der Waals surface area contributed by atoms with E-state index in [1.54, 1.807) is 12.1 Å². The van der Waals surface area contributed by atoms with Crippen LogP contribution in [0.4, 0.5) is 11.4 Å². The molecule has 0 aromatic heterocycles. The molecule has 4 nitrogen and oxygen atoms in total. The van der Waals surface area contributed by atoms with Crippen LogP contribution in [0, 0.1) is 0 Å². The molecule has 0 saturated carbocycles. The molecule has 16 heavy (non-hydrogen) atoms. The number of benzene rings is 1. The van der Waals surface area contributed by atoms with E-state index in [1.165, 1.54) is 12.8 Å². The summed E-state index contributed by atoms with van der Waals surface area (Å²) >= 11 is 0. The number of nitrogens with two attached hydrogens (primary N) is 2. The number of hydrogen-bond donors (Lipinski definition) is 2. The Bertz CT molecular complexity index is 417. The molecule has 1 aromatic rings. The Balaban J connectivity index is 2.35. The van der Waals surface area contributed by atoms with Crippen molar-refractivity contribution in [3.63, 3.8) is 0 Å². The first-order valence-electron chi connectivity index (χ1n) is 5.55. The predicted octanol–water partition coefficient (Wildman–Crippen LogP) is 1.36. The van der Waals surface area contributed by atoms with E-state index < -0.39 is 5.91 Å². The Morgan fingerprint density at radius 1 is 1.50 bits per heavy atom. The third kappa shape index (κ3) is 1.83. The molecule has 1 unspecified atom stereocenters. The number of hydrogen-bond acceptors (Lipinski definition) is 3. The summed E-state index contributed by atoms with van der Waals surface area (Å²) in [5, 5.41) is 0. The van der Waals surface area contributed by atoms with E-state index in [9.17, 15) is 4.79 Å². The number of anilines is 2. The average Bonchev–Trinajstić information content (AvgIpc) is 2.65. The van der Waals surface area contributed by atoms with Crippen LogP contribution in [0.3, 0.4) is 0 Å². The van der Waals surface area contributed by atoms with Crippen molar-refractivity contribution in [1.29, 1.82) is 0 Å².